The van der Waals surface area contributed by atoms with Crippen LogP contribution in [0, 0.1) is 12.3 Å². The van der Waals surface area contributed by atoms with Crippen molar-refractivity contribution in [2.24, 2.45) is 0 Å². The molecule has 0 aliphatic carbocycles. The van der Waals surface area contributed by atoms with Gasteiger partial charge in [0.2, 0.25) is 0 Å². The summed E-state index contributed by atoms with van der Waals surface area (Å²) in [6.45, 7) is 2.81. The van der Waals surface area contributed by atoms with E-state index in [0.29, 0.717) is 0 Å². The zero-order chi connectivity index (χ0) is 8.97. The Kier molecular flexibility index (Phi) is 3.80. The molecule has 0 amide bonds. The molecule has 3 heteroatoms. The van der Waals surface area contributed by atoms with Crippen molar-refractivity contribution >= 4 is 27.3 Å². The molecule has 1 heterocycles. The summed E-state index contributed by atoms with van der Waals surface area (Å²) in [5.41, 5.74) is 1.27. The summed E-state index contributed by atoms with van der Waals surface area (Å²) < 4.78 is 1.16. The van der Waals surface area contributed by atoms with Gasteiger partial charge in [-0.2, -0.15) is 0 Å². The maximum Gasteiger partial charge on any atom is 0.0701 e. The molecular formula is C9H10BrNS. The Morgan fingerprint density at radius 3 is 3.08 bits per heavy atom. The van der Waals surface area contributed by atoms with E-state index in [1.165, 1.54) is 5.56 Å². The molecule has 1 nitrogen and oxygen atoms in total. The van der Waals surface area contributed by atoms with E-state index in [1.807, 2.05) is 6.92 Å². The van der Waals surface area contributed by atoms with Crippen LogP contribution in [0.5, 0.6) is 0 Å². The van der Waals surface area contributed by atoms with Crippen LogP contribution in [0.1, 0.15) is 12.5 Å². The largest absolute Gasteiger partial charge is 0.300 e. The standard InChI is InChI=1S/C9H10BrNS/c1-3-7(2)11-5-8-4-9(10)12-6-8/h1,4,6-7,11H,5H2,2H3. The number of halogens is 1. The highest BCUT2D eigenvalue weighted by molar-refractivity contribution is 9.11. The molecule has 1 atom stereocenters. The van der Waals surface area contributed by atoms with Gasteiger partial charge in [0.25, 0.3) is 0 Å². The molecule has 0 aliphatic rings. The van der Waals surface area contributed by atoms with Crippen LogP contribution in [0.15, 0.2) is 15.2 Å². The predicted molar refractivity (Wildman–Crippen MR) is 57.2 cm³/mol. The topological polar surface area (TPSA) is 12.0 Å². The highest BCUT2D eigenvalue weighted by Crippen LogP contribution is 2.20. The van der Waals surface area contributed by atoms with Crippen LogP contribution in [0.25, 0.3) is 0 Å². The molecule has 0 aromatic carbocycles. The second-order valence-corrected chi connectivity index (χ2v) is 4.82. The van der Waals surface area contributed by atoms with Gasteiger partial charge in [-0.15, -0.1) is 17.8 Å². The Hall–Kier alpha value is -0.300. The first-order valence-electron chi connectivity index (χ1n) is 3.65. The minimum atomic E-state index is 0.142. The van der Waals surface area contributed by atoms with Crippen molar-refractivity contribution in [3.05, 3.63) is 20.8 Å². The molecule has 1 rings (SSSR count). The fraction of sp³-hybridized carbons (Fsp3) is 0.333. The van der Waals surface area contributed by atoms with Gasteiger partial charge in [-0.1, -0.05) is 5.92 Å². The molecule has 1 N–H and O–H groups in total. The minimum absolute atomic E-state index is 0.142. The lowest BCUT2D eigenvalue weighted by molar-refractivity contribution is 0.649. The van der Waals surface area contributed by atoms with Gasteiger partial charge in [0.1, 0.15) is 0 Å². The molecule has 0 spiro atoms. The van der Waals surface area contributed by atoms with Crippen molar-refractivity contribution < 1.29 is 0 Å². The quantitative estimate of drug-likeness (QED) is 0.806. The van der Waals surface area contributed by atoms with Crippen molar-refractivity contribution in [3.8, 4) is 12.3 Å². The van der Waals surface area contributed by atoms with Crippen LogP contribution in [0.4, 0.5) is 0 Å². The summed E-state index contributed by atoms with van der Waals surface area (Å²) in [6, 6.07) is 2.24. The number of hydrogen-bond acceptors (Lipinski definition) is 2. The van der Waals surface area contributed by atoms with Gasteiger partial charge in [0.15, 0.2) is 0 Å². The van der Waals surface area contributed by atoms with Crippen LogP contribution >= 0.6 is 27.3 Å². The molecule has 1 unspecified atom stereocenters. The summed E-state index contributed by atoms with van der Waals surface area (Å²) in [5.74, 6) is 2.62. The van der Waals surface area contributed by atoms with Gasteiger partial charge in [-0.05, 0) is 39.9 Å². The highest BCUT2D eigenvalue weighted by Gasteiger charge is 1.98. The number of terminal acetylenes is 1. The third-order valence-corrected chi connectivity index (χ3v) is 3.04. The average Bonchev–Trinajstić information content (AvgIpc) is 2.47. The molecule has 0 saturated heterocycles. The molecule has 1 aromatic rings. The summed E-state index contributed by atoms with van der Waals surface area (Å²) >= 11 is 5.10. The fourth-order valence-corrected chi connectivity index (χ4v) is 1.98. The zero-order valence-electron chi connectivity index (χ0n) is 6.80. The molecule has 0 saturated carbocycles. The van der Waals surface area contributed by atoms with E-state index in [4.69, 9.17) is 6.42 Å². The minimum Gasteiger partial charge on any atom is -0.300 e. The molecule has 0 aliphatic heterocycles. The normalized spacial score (nSPS) is 12.4. The molecule has 0 fully saturated rings. The zero-order valence-corrected chi connectivity index (χ0v) is 9.21. The third-order valence-electron chi connectivity index (χ3n) is 1.48. The highest BCUT2D eigenvalue weighted by atomic mass is 79.9. The molecule has 1 aromatic heterocycles. The van der Waals surface area contributed by atoms with E-state index >= 15 is 0 Å². The van der Waals surface area contributed by atoms with Crippen molar-refractivity contribution in [2.45, 2.75) is 19.5 Å². The van der Waals surface area contributed by atoms with Crippen molar-refractivity contribution in [3.63, 3.8) is 0 Å². The van der Waals surface area contributed by atoms with Gasteiger partial charge in [-0.25, -0.2) is 0 Å². The maximum absolute atomic E-state index is 5.22. The number of rotatable bonds is 3. The first-order chi connectivity index (χ1) is 5.72. The second kappa shape index (κ2) is 4.66. The van der Waals surface area contributed by atoms with Crippen LogP contribution < -0.4 is 5.32 Å². The van der Waals surface area contributed by atoms with Crippen molar-refractivity contribution in [2.75, 3.05) is 0 Å². The molecule has 12 heavy (non-hydrogen) atoms. The molecule has 0 radical (unpaired) electrons. The Balaban J connectivity index is 2.39. The average molecular weight is 244 g/mol. The van der Waals surface area contributed by atoms with E-state index in [1.54, 1.807) is 11.3 Å². The van der Waals surface area contributed by atoms with Gasteiger partial charge < -0.3 is 0 Å². The predicted octanol–water partition coefficient (Wildman–Crippen LogP) is 2.62. The SMILES string of the molecule is C#CC(C)NCc1csc(Br)c1. The van der Waals surface area contributed by atoms with E-state index in [0.717, 1.165) is 10.3 Å². The first kappa shape index (κ1) is 9.79. The molecule has 64 valence electrons. The Morgan fingerprint density at radius 2 is 2.58 bits per heavy atom. The lowest BCUT2D eigenvalue weighted by Gasteiger charge is -2.04. The van der Waals surface area contributed by atoms with Crippen LogP contribution in [-0.4, -0.2) is 6.04 Å². The van der Waals surface area contributed by atoms with E-state index < -0.39 is 0 Å². The van der Waals surface area contributed by atoms with Crippen molar-refractivity contribution in [1.29, 1.82) is 0 Å². The van der Waals surface area contributed by atoms with E-state index in [9.17, 15) is 0 Å². The van der Waals surface area contributed by atoms with Gasteiger partial charge in [0, 0.05) is 6.54 Å². The summed E-state index contributed by atoms with van der Waals surface area (Å²) in [5, 5.41) is 5.32. The summed E-state index contributed by atoms with van der Waals surface area (Å²) in [7, 11) is 0. The van der Waals surface area contributed by atoms with Gasteiger partial charge >= 0.3 is 0 Å². The molecule has 0 bridgehead atoms. The van der Waals surface area contributed by atoms with E-state index in [2.05, 4.69) is 38.6 Å². The van der Waals surface area contributed by atoms with Gasteiger partial charge in [0.05, 0.1) is 9.83 Å². The maximum atomic E-state index is 5.22. The molecular weight excluding hydrogens is 234 g/mol. The van der Waals surface area contributed by atoms with Crippen LogP contribution in [0.2, 0.25) is 0 Å². The van der Waals surface area contributed by atoms with Crippen LogP contribution in [0.3, 0.4) is 0 Å². The van der Waals surface area contributed by atoms with E-state index in [-0.39, 0.29) is 6.04 Å². The Labute approximate surface area is 85.3 Å². The Bertz CT molecular complexity index is 287. The monoisotopic (exact) mass is 243 g/mol. The number of thiophene rings is 1. The van der Waals surface area contributed by atoms with Gasteiger partial charge in [-0.3, -0.25) is 5.32 Å². The third kappa shape index (κ3) is 2.98. The smallest absolute Gasteiger partial charge is 0.0701 e. The second-order valence-electron chi connectivity index (χ2n) is 2.53. The number of hydrogen-bond donors (Lipinski definition) is 1. The summed E-state index contributed by atoms with van der Waals surface area (Å²) in [4.78, 5) is 0. The lowest BCUT2D eigenvalue weighted by atomic mass is 10.3. The fourth-order valence-electron chi connectivity index (χ4n) is 0.768. The first-order valence-corrected chi connectivity index (χ1v) is 5.32. The summed E-state index contributed by atoms with van der Waals surface area (Å²) in [6.07, 6.45) is 5.22. The van der Waals surface area contributed by atoms with Crippen molar-refractivity contribution in [1.82, 2.24) is 5.32 Å². The Morgan fingerprint density at radius 1 is 1.83 bits per heavy atom. The lowest BCUT2D eigenvalue weighted by Crippen LogP contribution is -2.23. The number of nitrogens with one attached hydrogen (secondary N) is 1. The van der Waals surface area contributed by atoms with Crippen LogP contribution in [-0.2, 0) is 6.54 Å².